The first-order valence-electron chi connectivity index (χ1n) is 9.89. The van der Waals surface area contributed by atoms with Crippen LogP contribution in [0.4, 0.5) is 0 Å². The van der Waals surface area contributed by atoms with Gasteiger partial charge in [0.25, 0.3) is 5.91 Å². The molecule has 1 saturated carbocycles. The first-order valence-corrected chi connectivity index (χ1v) is 9.89. The van der Waals surface area contributed by atoms with Crippen LogP contribution in [0.25, 0.3) is 10.8 Å². The van der Waals surface area contributed by atoms with Gasteiger partial charge in [0.2, 0.25) is 0 Å². The number of benzene rings is 3. The summed E-state index contributed by atoms with van der Waals surface area (Å²) in [5.74, 6) is 0.149. The molecule has 5 rings (SSSR count). The van der Waals surface area contributed by atoms with Crippen LogP contribution in [-0.2, 0) is 0 Å². The number of nitrogens with zero attached hydrogens (tertiary/aromatic N) is 2. The zero-order valence-electron chi connectivity index (χ0n) is 15.4. The lowest BCUT2D eigenvalue weighted by molar-refractivity contribution is 0.0435. The second-order valence-electron chi connectivity index (χ2n) is 7.68. The molecule has 1 heterocycles. The first kappa shape index (κ1) is 16.5. The molecule has 1 aliphatic heterocycles. The minimum absolute atomic E-state index is 0.118. The van der Waals surface area contributed by atoms with Crippen molar-refractivity contribution >= 4 is 16.7 Å². The summed E-state index contributed by atoms with van der Waals surface area (Å²) in [6, 6.07) is 25.6. The lowest BCUT2D eigenvalue weighted by atomic mass is 9.98. The van der Waals surface area contributed by atoms with Crippen molar-refractivity contribution in [3.63, 3.8) is 0 Å². The lowest BCUT2D eigenvalue weighted by Crippen LogP contribution is -2.51. The van der Waals surface area contributed by atoms with Gasteiger partial charge in [-0.25, -0.2) is 0 Å². The lowest BCUT2D eigenvalue weighted by Gasteiger charge is -2.42. The van der Waals surface area contributed by atoms with E-state index in [1.165, 1.54) is 18.4 Å². The van der Waals surface area contributed by atoms with E-state index in [1.807, 2.05) is 30.3 Å². The SMILES string of the molecule is O=C(c1cccc2ccccc12)N1CCN(C2CC2)CC1c1ccccc1. The summed E-state index contributed by atoms with van der Waals surface area (Å²) in [6.45, 7) is 2.70. The van der Waals surface area contributed by atoms with E-state index in [4.69, 9.17) is 0 Å². The van der Waals surface area contributed by atoms with Crippen molar-refractivity contribution in [1.82, 2.24) is 9.80 Å². The second kappa shape index (κ2) is 6.82. The van der Waals surface area contributed by atoms with Crippen molar-refractivity contribution in [3.05, 3.63) is 83.9 Å². The van der Waals surface area contributed by atoms with Crippen molar-refractivity contribution in [2.75, 3.05) is 19.6 Å². The van der Waals surface area contributed by atoms with E-state index in [1.54, 1.807) is 0 Å². The number of amides is 1. The molecule has 27 heavy (non-hydrogen) atoms. The van der Waals surface area contributed by atoms with Crippen LogP contribution in [0.3, 0.4) is 0 Å². The Balaban J connectivity index is 1.52. The minimum Gasteiger partial charge on any atom is -0.329 e. The Kier molecular flexibility index (Phi) is 4.17. The largest absolute Gasteiger partial charge is 0.329 e. The summed E-state index contributed by atoms with van der Waals surface area (Å²) >= 11 is 0. The van der Waals surface area contributed by atoms with Crippen LogP contribution in [0.2, 0.25) is 0 Å². The summed E-state index contributed by atoms with van der Waals surface area (Å²) in [6.07, 6.45) is 2.61. The van der Waals surface area contributed by atoms with Gasteiger partial charge in [0.05, 0.1) is 6.04 Å². The second-order valence-corrected chi connectivity index (χ2v) is 7.68. The Morgan fingerprint density at radius 1 is 0.815 bits per heavy atom. The van der Waals surface area contributed by atoms with E-state index in [9.17, 15) is 4.79 Å². The van der Waals surface area contributed by atoms with Crippen LogP contribution in [0.1, 0.15) is 34.8 Å². The van der Waals surface area contributed by atoms with Crippen LogP contribution in [0.15, 0.2) is 72.8 Å². The molecule has 3 nitrogen and oxygen atoms in total. The molecule has 136 valence electrons. The summed E-state index contributed by atoms with van der Waals surface area (Å²) < 4.78 is 0. The molecule has 1 saturated heterocycles. The standard InChI is InChI=1S/C24H24N2O/c27-24(22-12-6-10-18-7-4-5-11-21(18)22)26-16-15-25(20-13-14-20)17-23(26)19-8-2-1-3-9-19/h1-12,20,23H,13-17H2. The molecule has 1 amide bonds. The van der Waals surface area contributed by atoms with Gasteiger partial charge in [-0.3, -0.25) is 9.69 Å². The van der Waals surface area contributed by atoms with E-state index in [-0.39, 0.29) is 11.9 Å². The van der Waals surface area contributed by atoms with E-state index < -0.39 is 0 Å². The molecule has 3 aromatic carbocycles. The van der Waals surface area contributed by atoms with Gasteiger partial charge in [0.15, 0.2) is 0 Å². The van der Waals surface area contributed by atoms with Gasteiger partial charge in [-0.2, -0.15) is 0 Å². The van der Waals surface area contributed by atoms with Crippen LogP contribution in [0.5, 0.6) is 0 Å². The normalized spacial score (nSPS) is 20.7. The van der Waals surface area contributed by atoms with Crippen molar-refractivity contribution in [2.45, 2.75) is 24.9 Å². The number of fused-ring (bicyclic) bond motifs is 1. The van der Waals surface area contributed by atoms with Gasteiger partial charge in [-0.05, 0) is 35.2 Å². The van der Waals surface area contributed by atoms with Crippen LogP contribution in [0, 0.1) is 0 Å². The molecule has 1 atom stereocenters. The molecular formula is C24H24N2O. The highest BCUT2D eigenvalue weighted by Crippen LogP contribution is 2.34. The van der Waals surface area contributed by atoms with Gasteiger partial charge in [0.1, 0.15) is 0 Å². The fraction of sp³-hybridized carbons (Fsp3) is 0.292. The maximum absolute atomic E-state index is 13.6. The smallest absolute Gasteiger partial charge is 0.255 e. The van der Waals surface area contributed by atoms with Gasteiger partial charge >= 0.3 is 0 Å². The number of hydrogen-bond donors (Lipinski definition) is 0. The molecule has 0 aromatic heterocycles. The highest BCUT2D eigenvalue weighted by Gasteiger charge is 2.38. The average Bonchev–Trinajstić information content (AvgIpc) is 3.58. The Hall–Kier alpha value is -2.65. The monoisotopic (exact) mass is 356 g/mol. The summed E-state index contributed by atoms with van der Waals surface area (Å²) in [7, 11) is 0. The Morgan fingerprint density at radius 3 is 2.37 bits per heavy atom. The highest BCUT2D eigenvalue weighted by atomic mass is 16.2. The minimum atomic E-state index is 0.118. The number of piperazine rings is 1. The summed E-state index contributed by atoms with van der Waals surface area (Å²) in [4.78, 5) is 18.3. The van der Waals surface area contributed by atoms with E-state index in [0.717, 1.165) is 42.0 Å². The quantitative estimate of drug-likeness (QED) is 0.690. The molecule has 3 heteroatoms. The highest BCUT2D eigenvalue weighted by molar-refractivity contribution is 6.07. The number of carbonyl (C=O) groups is 1. The maximum Gasteiger partial charge on any atom is 0.255 e. The molecule has 0 bridgehead atoms. The number of rotatable bonds is 3. The van der Waals surface area contributed by atoms with Crippen molar-refractivity contribution in [3.8, 4) is 0 Å². The zero-order chi connectivity index (χ0) is 18.2. The van der Waals surface area contributed by atoms with Crippen molar-refractivity contribution < 1.29 is 4.79 Å². The van der Waals surface area contributed by atoms with Gasteiger partial charge < -0.3 is 4.90 Å². The molecule has 3 aromatic rings. The fourth-order valence-corrected chi connectivity index (χ4v) is 4.35. The molecule has 1 unspecified atom stereocenters. The molecule has 0 N–H and O–H groups in total. The van der Waals surface area contributed by atoms with E-state index in [2.05, 4.69) is 52.3 Å². The molecule has 2 fully saturated rings. The molecule has 0 spiro atoms. The molecular weight excluding hydrogens is 332 g/mol. The molecule has 0 radical (unpaired) electrons. The maximum atomic E-state index is 13.6. The number of hydrogen-bond acceptors (Lipinski definition) is 2. The van der Waals surface area contributed by atoms with Crippen LogP contribution >= 0.6 is 0 Å². The van der Waals surface area contributed by atoms with Gasteiger partial charge in [-0.15, -0.1) is 0 Å². The first-order chi connectivity index (χ1) is 13.3. The third-order valence-electron chi connectivity index (χ3n) is 5.94. The third-order valence-corrected chi connectivity index (χ3v) is 5.94. The third kappa shape index (κ3) is 3.13. The van der Waals surface area contributed by atoms with E-state index >= 15 is 0 Å². The zero-order valence-corrected chi connectivity index (χ0v) is 15.4. The predicted molar refractivity (Wildman–Crippen MR) is 109 cm³/mol. The Morgan fingerprint density at radius 2 is 1.56 bits per heavy atom. The fourth-order valence-electron chi connectivity index (χ4n) is 4.35. The van der Waals surface area contributed by atoms with Crippen molar-refractivity contribution in [2.24, 2.45) is 0 Å². The Labute approximate surface area is 160 Å². The van der Waals surface area contributed by atoms with Gasteiger partial charge in [0, 0.05) is 31.2 Å². The van der Waals surface area contributed by atoms with Gasteiger partial charge in [-0.1, -0.05) is 66.7 Å². The predicted octanol–water partition coefficient (Wildman–Crippen LogP) is 4.50. The molecule has 2 aliphatic rings. The number of carbonyl (C=O) groups excluding carboxylic acids is 1. The van der Waals surface area contributed by atoms with E-state index in [0.29, 0.717) is 0 Å². The topological polar surface area (TPSA) is 23.6 Å². The van der Waals surface area contributed by atoms with Crippen molar-refractivity contribution in [1.29, 1.82) is 0 Å². The van der Waals surface area contributed by atoms with Crippen LogP contribution in [-0.4, -0.2) is 41.4 Å². The molecule has 1 aliphatic carbocycles. The van der Waals surface area contributed by atoms with Crippen LogP contribution < -0.4 is 0 Å². The summed E-state index contributed by atoms with van der Waals surface area (Å²) in [5.41, 5.74) is 2.05. The Bertz CT molecular complexity index is 959. The average molecular weight is 356 g/mol. The summed E-state index contributed by atoms with van der Waals surface area (Å²) in [5, 5.41) is 2.16.